The van der Waals surface area contributed by atoms with Gasteiger partial charge in [0.25, 0.3) is 5.56 Å². The van der Waals surface area contributed by atoms with E-state index in [1.165, 1.54) is 0 Å². The summed E-state index contributed by atoms with van der Waals surface area (Å²) in [5, 5.41) is 0.545. The van der Waals surface area contributed by atoms with E-state index in [0.29, 0.717) is 29.5 Å². The minimum atomic E-state index is -0.0241. The smallest absolute Gasteiger partial charge is 0.253 e. The van der Waals surface area contributed by atoms with Crippen LogP contribution in [-0.2, 0) is 11.8 Å². The van der Waals surface area contributed by atoms with Gasteiger partial charge in [0.05, 0.1) is 17.3 Å². The number of aryl methyl sites for hydroxylation is 1. The Labute approximate surface area is 128 Å². The van der Waals surface area contributed by atoms with Crippen molar-refractivity contribution in [2.45, 2.75) is 6.92 Å². The predicted molar refractivity (Wildman–Crippen MR) is 84.2 cm³/mol. The van der Waals surface area contributed by atoms with Crippen molar-refractivity contribution in [3.05, 3.63) is 51.3 Å². The van der Waals surface area contributed by atoms with Gasteiger partial charge >= 0.3 is 0 Å². The van der Waals surface area contributed by atoms with Crippen LogP contribution in [-0.4, -0.2) is 24.9 Å². The van der Waals surface area contributed by atoms with Crippen molar-refractivity contribution in [1.82, 2.24) is 4.57 Å². The highest BCUT2D eigenvalue weighted by Crippen LogP contribution is 2.30. The van der Waals surface area contributed by atoms with Crippen molar-refractivity contribution < 1.29 is 9.47 Å². The van der Waals surface area contributed by atoms with Crippen molar-refractivity contribution >= 4 is 11.6 Å². The van der Waals surface area contributed by atoms with Gasteiger partial charge in [-0.15, -0.1) is 0 Å². The van der Waals surface area contributed by atoms with E-state index in [9.17, 15) is 4.79 Å². The Kier molecular flexibility index (Phi) is 5.04. The van der Waals surface area contributed by atoms with Crippen LogP contribution in [0.3, 0.4) is 0 Å². The zero-order chi connectivity index (χ0) is 15.4. The molecule has 5 heteroatoms. The summed E-state index contributed by atoms with van der Waals surface area (Å²) in [5.41, 5.74) is 2.26. The van der Waals surface area contributed by atoms with Crippen molar-refractivity contribution in [2.24, 2.45) is 7.05 Å². The first-order chi connectivity index (χ1) is 10.0. The van der Waals surface area contributed by atoms with Gasteiger partial charge in [-0.25, -0.2) is 0 Å². The minimum Gasteiger partial charge on any atom is -0.491 e. The minimum absolute atomic E-state index is 0.0241. The summed E-state index contributed by atoms with van der Waals surface area (Å²) in [5.74, 6) is 0.679. The molecule has 0 saturated heterocycles. The summed E-state index contributed by atoms with van der Waals surface area (Å²) in [6.45, 7) is 2.78. The normalized spacial score (nSPS) is 10.7. The molecule has 21 heavy (non-hydrogen) atoms. The molecule has 2 rings (SSSR count). The summed E-state index contributed by atoms with van der Waals surface area (Å²) < 4.78 is 12.0. The molecular weight excluding hydrogens is 290 g/mol. The maximum atomic E-state index is 12.0. The van der Waals surface area contributed by atoms with Gasteiger partial charge in [0, 0.05) is 25.3 Å². The molecule has 0 spiro atoms. The monoisotopic (exact) mass is 307 g/mol. The van der Waals surface area contributed by atoms with E-state index in [4.69, 9.17) is 21.1 Å². The lowest BCUT2D eigenvalue weighted by Crippen LogP contribution is -2.20. The second-order valence-corrected chi connectivity index (χ2v) is 5.16. The maximum absolute atomic E-state index is 12.0. The van der Waals surface area contributed by atoms with Gasteiger partial charge < -0.3 is 14.0 Å². The van der Waals surface area contributed by atoms with Crippen LogP contribution >= 0.6 is 11.6 Å². The second-order valence-electron chi connectivity index (χ2n) is 4.75. The lowest BCUT2D eigenvalue weighted by atomic mass is 10.1. The summed E-state index contributed by atoms with van der Waals surface area (Å²) in [4.78, 5) is 12.0. The fourth-order valence-corrected chi connectivity index (χ4v) is 2.33. The Morgan fingerprint density at radius 1 is 1.19 bits per heavy atom. The van der Waals surface area contributed by atoms with Crippen molar-refractivity contribution in [3.63, 3.8) is 0 Å². The fourth-order valence-electron chi connectivity index (χ4n) is 2.07. The number of benzene rings is 1. The zero-order valence-corrected chi connectivity index (χ0v) is 13.1. The number of hydrogen-bond donors (Lipinski definition) is 0. The molecule has 0 aliphatic rings. The number of pyridine rings is 1. The molecule has 0 atom stereocenters. The van der Waals surface area contributed by atoms with E-state index in [-0.39, 0.29) is 5.56 Å². The molecule has 0 unspecified atom stereocenters. The van der Waals surface area contributed by atoms with Crippen LogP contribution in [0.2, 0.25) is 5.02 Å². The van der Waals surface area contributed by atoms with Gasteiger partial charge in [-0.1, -0.05) is 17.7 Å². The molecule has 0 aliphatic carbocycles. The van der Waals surface area contributed by atoms with E-state index >= 15 is 0 Å². The molecule has 0 N–H and O–H groups in total. The highest BCUT2D eigenvalue weighted by molar-refractivity contribution is 6.33. The zero-order valence-electron chi connectivity index (χ0n) is 12.4. The van der Waals surface area contributed by atoms with Crippen LogP contribution < -0.4 is 10.3 Å². The molecule has 4 nitrogen and oxygen atoms in total. The van der Waals surface area contributed by atoms with Gasteiger partial charge in [-0.2, -0.15) is 0 Å². The van der Waals surface area contributed by atoms with E-state index < -0.39 is 0 Å². The largest absolute Gasteiger partial charge is 0.491 e. The summed E-state index contributed by atoms with van der Waals surface area (Å²) in [6.07, 6.45) is 0. The number of aromatic nitrogens is 1. The number of rotatable bonds is 5. The van der Waals surface area contributed by atoms with E-state index in [2.05, 4.69) is 0 Å². The summed E-state index contributed by atoms with van der Waals surface area (Å²) in [6, 6.07) is 9.13. The van der Waals surface area contributed by atoms with Crippen molar-refractivity contribution in [1.29, 1.82) is 0 Å². The third-order valence-corrected chi connectivity index (χ3v) is 3.58. The summed E-state index contributed by atoms with van der Waals surface area (Å²) in [7, 11) is 3.36. The predicted octanol–water partition coefficient (Wildman–Crippen LogP) is 3.04. The van der Waals surface area contributed by atoms with Crippen LogP contribution in [0, 0.1) is 6.92 Å². The van der Waals surface area contributed by atoms with Crippen molar-refractivity contribution in [2.75, 3.05) is 20.3 Å². The topological polar surface area (TPSA) is 40.5 Å². The fraction of sp³-hybridized carbons (Fsp3) is 0.312. The van der Waals surface area contributed by atoms with Crippen LogP contribution in [0.15, 0.2) is 35.1 Å². The molecule has 0 fully saturated rings. The molecule has 1 aromatic carbocycles. The van der Waals surface area contributed by atoms with Gasteiger partial charge in [-0.3, -0.25) is 4.79 Å². The molecule has 0 amide bonds. The molecule has 1 heterocycles. The SMILES string of the molecule is COCCOc1ccc(-c2ccc(C)c(=O)n2C)c(Cl)c1. The van der Waals surface area contributed by atoms with E-state index in [1.807, 2.05) is 18.2 Å². The first-order valence-corrected chi connectivity index (χ1v) is 7.00. The Morgan fingerprint density at radius 2 is 1.95 bits per heavy atom. The third-order valence-electron chi connectivity index (χ3n) is 3.27. The standard InChI is InChI=1S/C16H18ClNO3/c1-11-4-7-15(18(2)16(11)19)13-6-5-12(10-14(13)17)21-9-8-20-3/h4-7,10H,8-9H2,1-3H3. The van der Waals surface area contributed by atoms with E-state index in [1.54, 1.807) is 37.8 Å². The molecule has 0 aliphatic heterocycles. The Hall–Kier alpha value is -1.78. The number of ether oxygens (including phenoxy) is 2. The lowest BCUT2D eigenvalue weighted by molar-refractivity contribution is 0.146. The highest BCUT2D eigenvalue weighted by atomic mass is 35.5. The molecule has 1 aromatic heterocycles. The molecule has 0 radical (unpaired) electrons. The maximum Gasteiger partial charge on any atom is 0.253 e. The van der Waals surface area contributed by atoms with Crippen LogP contribution in [0.5, 0.6) is 5.75 Å². The molecule has 0 saturated carbocycles. The molecule has 0 bridgehead atoms. The average molecular weight is 308 g/mol. The van der Waals surface area contributed by atoms with Crippen LogP contribution in [0.4, 0.5) is 0 Å². The second kappa shape index (κ2) is 6.78. The number of methoxy groups -OCH3 is 1. The summed E-state index contributed by atoms with van der Waals surface area (Å²) >= 11 is 6.31. The molecule has 112 valence electrons. The average Bonchev–Trinajstić information content (AvgIpc) is 2.46. The first-order valence-electron chi connectivity index (χ1n) is 6.63. The quantitative estimate of drug-likeness (QED) is 0.797. The van der Waals surface area contributed by atoms with Crippen LogP contribution in [0.25, 0.3) is 11.3 Å². The Bertz CT molecular complexity index is 694. The number of halogens is 1. The molecule has 2 aromatic rings. The van der Waals surface area contributed by atoms with Gasteiger partial charge in [0.1, 0.15) is 12.4 Å². The Balaban J connectivity index is 2.33. The highest BCUT2D eigenvalue weighted by Gasteiger charge is 2.10. The number of hydrogen-bond acceptors (Lipinski definition) is 3. The van der Waals surface area contributed by atoms with Gasteiger partial charge in [0.2, 0.25) is 0 Å². The molecular formula is C16H18ClNO3. The van der Waals surface area contributed by atoms with Gasteiger partial charge in [-0.05, 0) is 31.2 Å². The van der Waals surface area contributed by atoms with Gasteiger partial charge in [0.15, 0.2) is 0 Å². The third kappa shape index (κ3) is 3.46. The van der Waals surface area contributed by atoms with Crippen LogP contribution in [0.1, 0.15) is 5.56 Å². The van der Waals surface area contributed by atoms with Crippen molar-refractivity contribution in [3.8, 4) is 17.0 Å². The Morgan fingerprint density at radius 3 is 2.62 bits per heavy atom. The first kappa shape index (κ1) is 15.6. The van der Waals surface area contributed by atoms with E-state index in [0.717, 1.165) is 11.3 Å². The number of nitrogens with zero attached hydrogens (tertiary/aromatic N) is 1. The lowest BCUT2D eigenvalue weighted by Gasteiger charge is -2.12.